The second kappa shape index (κ2) is 5.68. The molecule has 0 aliphatic carbocycles. The Balaban J connectivity index is 1.77. The standard InChI is InChI=1S/C12H11ClN2O3S3/c13-21(17,18)7-8-4-11(16)15(5-8)12-14-9(6-20-12)10-2-1-3-19-10/h1-3,6,8H,4-5,7H2. The molecule has 1 atom stereocenters. The largest absolute Gasteiger partial charge is 0.288 e. The van der Waals surface area contributed by atoms with Crippen molar-refractivity contribution in [3.63, 3.8) is 0 Å². The topological polar surface area (TPSA) is 67.3 Å². The van der Waals surface area contributed by atoms with E-state index in [4.69, 9.17) is 10.7 Å². The molecule has 0 saturated carbocycles. The van der Waals surface area contributed by atoms with Gasteiger partial charge in [-0.15, -0.1) is 22.7 Å². The predicted molar refractivity (Wildman–Crippen MR) is 85.5 cm³/mol. The summed E-state index contributed by atoms with van der Waals surface area (Å²) in [5.41, 5.74) is 0.839. The second-order valence-corrected chi connectivity index (χ2v) is 9.38. The molecule has 1 aliphatic rings. The minimum Gasteiger partial charge on any atom is -0.288 e. The number of hydrogen-bond donors (Lipinski definition) is 0. The lowest BCUT2D eigenvalue weighted by atomic mass is 10.1. The molecule has 0 bridgehead atoms. The van der Waals surface area contributed by atoms with Crippen LogP contribution in [-0.2, 0) is 13.8 Å². The number of carbonyl (C=O) groups excluding carboxylic acids is 1. The summed E-state index contributed by atoms with van der Waals surface area (Å²) in [5.74, 6) is -0.554. The van der Waals surface area contributed by atoms with Crippen LogP contribution in [-0.4, -0.2) is 31.6 Å². The molecule has 1 aliphatic heterocycles. The third-order valence-electron chi connectivity index (χ3n) is 3.14. The van der Waals surface area contributed by atoms with Crippen LogP contribution in [0.2, 0.25) is 0 Å². The molecule has 1 amide bonds. The zero-order valence-corrected chi connectivity index (χ0v) is 13.9. The molecule has 9 heteroatoms. The van der Waals surface area contributed by atoms with Crippen LogP contribution in [0.25, 0.3) is 10.6 Å². The second-order valence-electron chi connectivity index (χ2n) is 4.77. The summed E-state index contributed by atoms with van der Waals surface area (Å²) in [4.78, 5) is 19.1. The van der Waals surface area contributed by atoms with Crippen molar-refractivity contribution in [3.05, 3.63) is 22.9 Å². The SMILES string of the molecule is O=C1CC(CS(=O)(=O)Cl)CN1c1nc(-c2cccs2)cs1. The molecule has 21 heavy (non-hydrogen) atoms. The van der Waals surface area contributed by atoms with E-state index < -0.39 is 9.05 Å². The lowest BCUT2D eigenvalue weighted by Gasteiger charge is -2.12. The highest BCUT2D eigenvalue weighted by Gasteiger charge is 2.34. The highest BCUT2D eigenvalue weighted by Crippen LogP contribution is 2.33. The van der Waals surface area contributed by atoms with Gasteiger partial charge in [-0.1, -0.05) is 6.07 Å². The van der Waals surface area contributed by atoms with Crippen molar-refractivity contribution in [1.82, 2.24) is 4.98 Å². The Labute approximate surface area is 134 Å². The molecular formula is C12H11ClN2O3S3. The Kier molecular flexibility index (Phi) is 4.04. The molecule has 112 valence electrons. The first-order chi connectivity index (χ1) is 9.92. The molecule has 0 aromatic carbocycles. The van der Waals surface area contributed by atoms with Gasteiger partial charge in [-0.05, 0) is 11.4 Å². The number of thiophene rings is 1. The van der Waals surface area contributed by atoms with Gasteiger partial charge >= 0.3 is 0 Å². The van der Waals surface area contributed by atoms with Crippen molar-refractivity contribution in [2.24, 2.45) is 5.92 Å². The molecule has 2 aromatic heterocycles. The van der Waals surface area contributed by atoms with Gasteiger partial charge in [-0.25, -0.2) is 13.4 Å². The van der Waals surface area contributed by atoms with E-state index in [1.54, 1.807) is 16.2 Å². The fourth-order valence-corrected chi connectivity index (χ4v) is 5.22. The summed E-state index contributed by atoms with van der Waals surface area (Å²) in [5, 5.41) is 4.48. The maximum absolute atomic E-state index is 12.0. The first-order valence-electron chi connectivity index (χ1n) is 6.14. The molecule has 0 radical (unpaired) electrons. The number of hydrogen-bond acceptors (Lipinski definition) is 6. The average Bonchev–Trinajstić information content (AvgIpc) is 3.06. The Morgan fingerprint density at radius 2 is 2.24 bits per heavy atom. The number of carbonyl (C=O) groups is 1. The molecule has 5 nitrogen and oxygen atoms in total. The third-order valence-corrected chi connectivity index (χ3v) is 6.14. The van der Waals surface area contributed by atoms with Gasteiger partial charge < -0.3 is 0 Å². The van der Waals surface area contributed by atoms with Crippen molar-refractivity contribution in [1.29, 1.82) is 0 Å². The van der Waals surface area contributed by atoms with E-state index in [2.05, 4.69) is 4.98 Å². The monoisotopic (exact) mass is 362 g/mol. The van der Waals surface area contributed by atoms with E-state index in [1.165, 1.54) is 11.3 Å². The van der Waals surface area contributed by atoms with Crippen molar-refractivity contribution in [2.45, 2.75) is 6.42 Å². The Morgan fingerprint density at radius 3 is 2.90 bits per heavy atom. The fraction of sp³-hybridized carbons (Fsp3) is 0.333. The average molecular weight is 363 g/mol. The molecule has 3 rings (SSSR count). The molecule has 2 aromatic rings. The maximum atomic E-state index is 12.0. The van der Waals surface area contributed by atoms with E-state index in [0.717, 1.165) is 10.6 Å². The van der Waals surface area contributed by atoms with Crippen molar-refractivity contribution < 1.29 is 13.2 Å². The Morgan fingerprint density at radius 1 is 1.43 bits per heavy atom. The highest BCUT2D eigenvalue weighted by atomic mass is 35.7. The number of amides is 1. The summed E-state index contributed by atoms with van der Waals surface area (Å²) in [6, 6.07) is 3.92. The van der Waals surface area contributed by atoms with Crippen LogP contribution in [0.5, 0.6) is 0 Å². The normalized spacial score (nSPS) is 19.4. The van der Waals surface area contributed by atoms with Crippen LogP contribution in [0.3, 0.4) is 0 Å². The number of rotatable bonds is 4. The smallest absolute Gasteiger partial charge is 0.232 e. The van der Waals surface area contributed by atoms with Crippen LogP contribution in [0.4, 0.5) is 5.13 Å². The summed E-state index contributed by atoms with van der Waals surface area (Å²) in [7, 11) is 1.67. The molecule has 1 fully saturated rings. The molecule has 0 N–H and O–H groups in total. The fourth-order valence-electron chi connectivity index (χ4n) is 2.29. The zero-order chi connectivity index (χ0) is 15.0. The first-order valence-corrected chi connectivity index (χ1v) is 10.4. The number of nitrogens with zero attached hydrogens (tertiary/aromatic N) is 2. The summed E-state index contributed by atoms with van der Waals surface area (Å²) < 4.78 is 22.2. The number of aromatic nitrogens is 1. The highest BCUT2D eigenvalue weighted by molar-refractivity contribution is 8.13. The van der Waals surface area contributed by atoms with Gasteiger partial charge in [0.25, 0.3) is 0 Å². The maximum Gasteiger partial charge on any atom is 0.232 e. The van der Waals surface area contributed by atoms with Crippen LogP contribution in [0.1, 0.15) is 6.42 Å². The molecule has 1 unspecified atom stereocenters. The number of anilines is 1. The molecule has 0 spiro atoms. The van der Waals surface area contributed by atoms with Gasteiger partial charge in [0.05, 0.1) is 16.3 Å². The van der Waals surface area contributed by atoms with E-state index in [1.807, 2.05) is 22.9 Å². The summed E-state index contributed by atoms with van der Waals surface area (Å²) >= 11 is 2.97. The molecule has 3 heterocycles. The molecule has 1 saturated heterocycles. The summed E-state index contributed by atoms with van der Waals surface area (Å²) in [6.07, 6.45) is 0.194. The van der Waals surface area contributed by atoms with Crippen molar-refractivity contribution >= 4 is 53.4 Å². The van der Waals surface area contributed by atoms with Crippen molar-refractivity contribution in [2.75, 3.05) is 17.2 Å². The van der Waals surface area contributed by atoms with Crippen molar-refractivity contribution in [3.8, 4) is 10.6 Å². The summed E-state index contributed by atoms with van der Waals surface area (Å²) in [6.45, 7) is 0.349. The van der Waals surface area contributed by atoms with Gasteiger partial charge in [0.1, 0.15) is 0 Å². The first kappa shape index (κ1) is 15.0. The Hall–Kier alpha value is -0.960. The predicted octanol–water partition coefficient (Wildman–Crippen LogP) is 2.79. The Bertz CT molecular complexity index is 755. The van der Waals surface area contributed by atoms with Crippen LogP contribution in [0.15, 0.2) is 22.9 Å². The zero-order valence-electron chi connectivity index (χ0n) is 10.7. The van der Waals surface area contributed by atoms with E-state index >= 15 is 0 Å². The van der Waals surface area contributed by atoms with E-state index in [0.29, 0.717) is 11.7 Å². The van der Waals surface area contributed by atoms with Gasteiger partial charge in [0.15, 0.2) is 5.13 Å². The quantitative estimate of drug-likeness (QED) is 0.784. The van der Waals surface area contributed by atoms with Crippen LogP contribution in [0, 0.1) is 5.92 Å². The minimum absolute atomic E-state index is 0.104. The van der Waals surface area contributed by atoms with E-state index in [9.17, 15) is 13.2 Å². The van der Waals surface area contributed by atoms with Gasteiger partial charge in [-0.3, -0.25) is 9.69 Å². The van der Waals surface area contributed by atoms with E-state index in [-0.39, 0.29) is 24.0 Å². The third kappa shape index (κ3) is 3.45. The molecular weight excluding hydrogens is 352 g/mol. The van der Waals surface area contributed by atoms with Gasteiger partial charge in [0, 0.05) is 34.9 Å². The number of halogens is 1. The minimum atomic E-state index is -3.59. The lowest BCUT2D eigenvalue weighted by molar-refractivity contribution is -0.117. The van der Waals surface area contributed by atoms with Gasteiger partial charge in [0.2, 0.25) is 15.0 Å². The van der Waals surface area contributed by atoms with Crippen LogP contribution < -0.4 is 4.90 Å². The lowest BCUT2D eigenvalue weighted by Crippen LogP contribution is -2.25. The number of thiazole rings is 1. The van der Waals surface area contributed by atoms with Gasteiger partial charge in [-0.2, -0.15) is 0 Å². The van der Waals surface area contributed by atoms with Crippen LogP contribution >= 0.6 is 33.4 Å².